The van der Waals surface area contributed by atoms with Crippen molar-refractivity contribution in [1.82, 2.24) is 0 Å². The van der Waals surface area contributed by atoms with Crippen LogP contribution in [0.4, 0.5) is 0 Å². The van der Waals surface area contributed by atoms with Crippen molar-refractivity contribution in [3.8, 4) is 0 Å². The van der Waals surface area contributed by atoms with E-state index in [0.29, 0.717) is 10.8 Å². The van der Waals surface area contributed by atoms with Crippen molar-refractivity contribution in [2.75, 3.05) is 0 Å². The Kier molecular flexibility index (Phi) is 8.38. The van der Waals surface area contributed by atoms with E-state index in [1.54, 1.807) is 0 Å². The molecule has 0 amide bonds. The van der Waals surface area contributed by atoms with Gasteiger partial charge in [0.05, 0.1) is 0 Å². The van der Waals surface area contributed by atoms with Gasteiger partial charge in [-0.25, -0.2) is 0 Å². The first kappa shape index (κ1) is 19.7. The zero-order valence-electron chi connectivity index (χ0n) is 11.5. The lowest BCUT2D eigenvalue weighted by atomic mass is 9.71. The molecule has 0 saturated heterocycles. The van der Waals surface area contributed by atoms with Gasteiger partial charge in [-0.15, -0.1) is 0 Å². The van der Waals surface area contributed by atoms with Crippen LogP contribution in [0.3, 0.4) is 0 Å². The Morgan fingerprint density at radius 3 is 0.643 bits per heavy atom. The van der Waals surface area contributed by atoms with Crippen molar-refractivity contribution in [3.63, 3.8) is 0 Å². The summed E-state index contributed by atoms with van der Waals surface area (Å²) in [5.41, 5.74) is 0.875. The molecule has 0 N–H and O–H groups in total. The lowest BCUT2D eigenvalue weighted by Gasteiger charge is -2.34. The standard InChI is InChI=1S/C8H18.C4H12Si.CH4/c1-7(2,3)8(4,5)6;1-5(2,3)4;/h1-6H3;1-4H3;1H4. The van der Waals surface area contributed by atoms with Gasteiger partial charge in [0.25, 0.3) is 0 Å². The Morgan fingerprint density at radius 1 is 0.571 bits per heavy atom. The van der Waals surface area contributed by atoms with Crippen LogP contribution >= 0.6 is 0 Å². The van der Waals surface area contributed by atoms with Gasteiger partial charge in [0.15, 0.2) is 0 Å². The highest BCUT2D eigenvalue weighted by molar-refractivity contribution is 6.74. The summed E-state index contributed by atoms with van der Waals surface area (Å²) in [4.78, 5) is 0. The Labute approximate surface area is 94.5 Å². The second-order valence-electron chi connectivity index (χ2n) is 7.50. The maximum Gasteiger partial charge on any atom is 0.0411 e. The Hall–Kier alpha value is 0.217. The van der Waals surface area contributed by atoms with Gasteiger partial charge >= 0.3 is 0 Å². The third-order valence-corrected chi connectivity index (χ3v) is 2.25. The highest BCUT2D eigenvalue weighted by atomic mass is 28.3. The molecular formula is C13H34Si. The van der Waals surface area contributed by atoms with E-state index < -0.39 is 8.07 Å². The van der Waals surface area contributed by atoms with E-state index >= 15 is 0 Å². The second kappa shape index (κ2) is 5.94. The highest BCUT2D eigenvalue weighted by Crippen LogP contribution is 2.36. The third-order valence-electron chi connectivity index (χ3n) is 2.25. The quantitative estimate of drug-likeness (QED) is 0.460. The molecule has 1 heteroatoms. The fraction of sp³-hybridized carbons (Fsp3) is 1.00. The van der Waals surface area contributed by atoms with Crippen molar-refractivity contribution in [3.05, 3.63) is 0 Å². The van der Waals surface area contributed by atoms with Crippen molar-refractivity contribution in [2.45, 2.75) is 75.2 Å². The molecule has 0 bridgehead atoms. The van der Waals surface area contributed by atoms with Crippen LogP contribution in [-0.4, -0.2) is 8.07 Å². The summed E-state index contributed by atoms with van der Waals surface area (Å²) >= 11 is 0. The predicted molar refractivity (Wildman–Crippen MR) is 74.9 cm³/mol. The van der Waals surface area contributed by atoms with Gasteiger partial charge in [0, 0.05) is 8.07 Å². The highest BCUT2D eigenvalue weighted by Gasteiger charge is 2.26. The summed E-state index contributed by atoms with van der Waals surface area (Å²) in [6.45, 7) is 22.9. The van der Waals surface area contributed by atoms with E-state index in [-0.39, 0.29) is 7.43 Å². The lowest BCUT2D eigenvalue weighted by molar-refractivity contribution is 0.157. The topological polar surface area (TPSA) is 0 Å². The molecule has 0 rings (SSSR count). The molecule has 0 saturated carbocycles. The molecule has 0 heterocycles. The molecule has 0 aliphatic carbocycles. The van der Waals surface area contributed by atoms with Crippen molar-refractivity contribution in [2.24, 2.45) is 10.8 Å². The van der Waals surface area contributed by atoms with Crippen LogP contribution in [0.5, 0.6) is 0 Å². The average Bonchev–Trinajstić information content (AvgIpc) is 1.50. The Balaban J connectivity index is -0.000000177. The molecule has 0 unspecified atom stereocenters. The van der Waals surface area contributed by atoms with Crippen LogP contribution in [0.2, 0.25) is 26.2 Å². The van der Waals surface area contributed by atoms with Gasteiger partial charge in [0.2, 0.25) is 0 Å². The molecule has 0 aromatic rings. The van der Waals surface area contributed by atoms with Gasteiger partial charge in [-0.3, -0.25) is 0 Å². The predicted octanol–water partition coefficient (Wildman–Crippen LogP) is 5.67. The number of hydrogen-bond acceptors (Lipinski definition) is 0. The van der Waals surface area contributed by atoms with Crippen LogP contribution < -0.4 is 0 Å². The molecule has 0 atom stereocenters. The molecule has 0 aliphatic rings. The first-order valence-electron chi connectivity index (χ1n) is 5.25. The maximum atomic E-state index is 2.33. The van der Waals surface area contributed by atoms with Crippen LogP contribution in [0, 0.1) is 10.8 Å². The molecule has 14 heavy (non-hydrogen) atoms. The summed E-state index contributed by atoms with van der Waals surface area (Å²) in [7, 11) is -0.611. The van der Waals surface area contributed by atoms with Gasteiger partial charge in [-0.2, -0.15) is 0 Å². The largest absolute Gasteiger partial charge is 0.0776 e. The van der Waals surface area contributed by atoms with Crippen molar-refractivity contribution < 1.29 is 0 Å². The first-order valence-corrected chi connectivity index (χ1v) is 9.25. The van der Waals surface area contributed by atoms with Crippen molar-refractivity contribution in [1.29, 1.82) is 0 Å². The summed E-state index contributed by atoms with van der Waals surface area (Å²) in [6, 6.07) is 0. The van der Waals surface area contributed by atoms with E-state index in [1.807, 2.05) is 0 Å². The fourth-order valence-corrected chi connectivity index (χ4v) is 0. The Bertz CT molecular complexity index is 109. The molecule has 0 spiro atoms. The van der Waals surface area contributed by atoms with Gasteiger partial charge in [-0.1, -0.05) is 75.2 Å². The monoisotopic (exact) mass is 218 g/mol. The number of rotatable bonds is 0. The third kappa shape index (κ3) is 18.1. The normalized spacial score (nSPS) is 12.4. The molecular weight excluding hydrogens is 184 g/mol. The van der Waals surface area contributed by atoms with E-state index in [1.165, 1.54) is 0 Å². The number of hydrogen-bond donors (Lipinski definition) is 0. The summed E-state index contributed by atoms with van der Waals surface area (Å²) in [5, 5.41) is 0. The molecule has 0 aromatic carbocycles. The van der Waals surface area contributed by atoms with E-state index in [2.05, 4.69) is 67.7 Å². The fourth-order valence-electron chi connectivity index (χ4n) is 0. The SMILES string of the molecule is C.CC(C)(C)C(C)(C)C.C[Si](C)(C)C. The van der Waals surface area contributed by atoms with E-state index in [4.69, 9.17) is 0 Å². The summed E-state index contributed by atoms with van der Waals surface area (Å²) < 4.78 is 0. The minimum Gasteiger partial charge on any atom is -0.0776 e. The first-order chi connectivity index (χ1) is 5.25. The minimum absolute atomic E-state index is 0. The van der Waals surface area contributed by atoms with Crippen LogP contribution in [0.15, 0.2) is 0 Å². The minimum atomic E-state index is -0.611. The average molecular weight is 219 g/mol. The molecule has 0 radical (unpaired) electrons. The van der Waals surface area contributed by atoms with Crippen LogP contribution in [0.25, 0.3) is 0 Å². The summed E-state index contributed by atoms with van der Waals surface area (Å²) in [6.07, 6.45) is 0. The van der Waals surface area contributed by atoms with Crippen LogP contribution in [-0.2, 0) is 0 Å². The maximum absolute atomic E-state index is 2.33. The van der Waals surface area contributed by atoms with Gasteiger partial charge in [0.1, 0.15) is 0 Å². The smallest absolute Gasteiger partial charge is 0.0411 e. The Morgan fingerprint density at radius 2 is 0.643 bits per heavy atom. The molecule has 0 fully saturated rings. The molecule has 0 aromatic heterocycles. The molecule has 0 nitrogen and oxygen atoms in total. The van der Waals surface area contributed by atoms with Crippen LogP contribution in [0.1, 0.15) is 49.0 Å². The van der Waals surface area contributed by atoms with Gasteiger partial charge < -0.3 is 0 Å². The van der Waals surface area contributed by atoms with Gasteiger partial charge in [-0.05, 0) is 10.8 Å². The zero-order chi connectivity index (χ0) is 11.5. The summed E-state index contributed by atoms with van der Waals surface area (Å²) in [5.74, 6) is 0. The van der Waals surface area contributed by atoms with Crippen molar-refractivity contribution >= 4 is 8.07 Å². The molecule has 0 aliphatic heterocycles. The lowest BCUT2D eigenvalue weighted by Crippen LogP contribution is -2.25. The second-order valence-corrected chi connectivity index (χ2v) is 13.5. The van der Waals surface area contributed by atoms with E-state index in [0.717, 1.165) is 0 Å². The zero-order valence-corrected chi connectivity index (χ0v) is 12.5. The molecule has 90 valence electrons. The van der Waals surface area contributed by atoms with E-state index in [9.17, 15) is 0 Å².